The van der Waals surface area contributed by atoms with Crippen LogP contribution < -0.4 is 15.5 Å². The van der Waals surface area contributed by atoms with Crippen LogP contribution in [0.5, 0.6) is 0 Å². The molecule has 0 bridgehead atoms. The number of nitrogens with one attached hydrogen (secondary N) is 2. The van der Waals surface area contributed by atoms with Crippen LogP contribution in [0.1, 0.15) is 42.6 Å². The van der Waals surface area contributed by atoms with E-state index in [1.807, 2.05) is 19.1 Å². The Morgan fingerprint density at radius 2 is 1.59 bits per heavy atom. The largest absolute Gasteiger partial charge is 0.326 e. The highest BCUT2D eigenvalue weighted by atomic mass is 16.2. The van der Waals surface area contributed by atoms with Crippen molar-refractivity contribution < 1.29 is 14.4 Å². The maximum atomic E-state index is 12.5. The second-order valence-electron chi connectivity index (χ2n) is 6.43. The Hall–Kier alpha value is -3.15. The molecular weight excluding hydrogens is 342 g/mol. The van der Waals surface area contributed by atoms with Crippen LogP contribution in [0.2, 0.25) is 0 Å². The van der Waals surface area contributed by atoms with E-state index in [9.17, 15) is 14.4 Å². The number of carbonyl (C=O) groups excluding carboxylic acids is 3. The Morgan fingerprint density at radius 3 is 2.22 bits per heavy atom. The Bertz CT molecular complexity index is 875. The molecule has 0 aliphatic carbocycles. The number of fused-ring (bicyclic) bond motifs is 1. The summed E-state index contributed by atoms with van der Waals surface area (Å²) in [7, 11) is 0. The highest BCUT2D eigenvalue weighted by Gasteiger charge is 2.24. The maximum Gasteiger partial charge on any atom is 0.255 e. The monoisotopic (exact) mass is 365 g/mol. The Morgan fingerprint density at radius 1 is 0.926 bits per heavy atom. The molecule has 27 heavy (non-hydrogen) atoms. The highest BCUT2D eigenvalue weighted by Crippen LogP contribution is 2.29. The molecule has 0 saturated heterocycles. The fourth-order valence-electron chi connectivity index (χ4n) is 3.08. The highest BCUT2D eigenvalue weighted by molar-refractivity contribution is 6.05. The van der Waals surface area contributed by atoms with Crippen LogP contribution in [0.25, 0.3) is 0 Å². The summed E-state index contributed by atoms with van der Waals surface area (Å²) in [5, 5.41) is 5.62. The minimum absolute atomic E-state index is 0.0551. The summed E-state index contributed by atoms with van der Waals surface area (Å²) >= 11 is 0. The number of carbonyl (C=O) groups is 3. The average molecular weight is 365 g/mol. The van der Waals surface area contributed by atoms with Crippen LogP contribution in [0.4, 0.5) is 17.1 Å². The number of anilines is 3. The molecule has 0 spiro atoms. The molecule has 2 aromatic carbocycles. The van der Waals surface area contributed by atoms with Gasteiger partial charge < -0.3 is 15.5 Å². The lowest BCUT2D eigenvalue weighted by atomic mass is 10.1. The van der Waals surface area contributed by atoms with Crippen molar-refractivity contribution in [2.24, 2.45) is 0 Å². The molecule has 0 atom stereocenters. The summed E-state index contributed by atoms with van der Waals surface area (Å²) < 4.78 is 0. The van der Waals surface area contributed by atoms with Gasteiger partial charge >= 0.3 is 0 Å². The number of benzene rings is 2. The SMILES string of the molecule is CCC(=O)Nc1ccc(NC(=O)c2ccc3c(c2)CCN3C(=O)CC)cc1. The van der Waals surface area contributed by atoms with Crippen molar-refractivity contribution in [1.82, 2.24) is 0 Å². The first-order valence-electron chi connectivity index (χ1n) is 9.16. The van der Waals surface area contributed by atoms with Gasteiger partial charge in [0.05, 0.1) is 0 Å². The van der Waals surface area contributed by atoms with Gasteiger partial charge in [-0.25, -0.2) is 0 Å². The number of nitrogens with zero attached hydrogens (tertiary/aromatic N) is 1. The summed E-state index contributed by atoms with van der Waals surface area (Å²) in [4.78, 5) is 37.7. The smallest absolute Gasteiger partial charge is 0.255 e. The molecule has 0 saturated carbocycles. The molecule has 0 aromatic heterocycles. The van der Waals surface area contributed by atoms with Crippen molar-refractivity contribution in [3.8, 4) is 0 Å². The van der Waals surface area contributed by atoms with Gasteiger partial charge in [-0.15, -0.1) is 0 Å². The summed E-state index contributed by atoms with van der Waals surface area (Å²) in [6.45, 7) is 4.30. The van der Waals surface area contributed by atoms with Crippen LogP contribution in [-0.2, 0) is 16.0 Å². The van der Waals surface area contributed by atoms with Gasteiger partial charge in [0.1, 0.15) is 0 Å². The average Bonchev–Trinajstić information content (AvgIpc) is 3.12. The van der Waals surface area contributed by atoms with Crippen molar-refractivity contribution in [2.45, 2.75) is 33.1 Å². The first-order chi connectivity index (χ1) is 13.0. The molecule has 1 aliphatic heterocycles. The molecule has 6 nitrogen and oxygen atoms in total. The van der Waals surface area contributed by atoms with Gasteiger partial charge in [-0.3, -0.25) is 14.4 Å². The van der Waals surface area contributed by atoms with E-state index < -0.39 is 0 Å². The zero-order valence-corrected chi connectivity index (χ0v) is 15.5. The standard InChI is InChI=1S/C21H23N3O3/c1-3-19(25)22-16-6-8-17(9-7-16)23-21(27)15-5-10-18-14(13-15)11-12-24(18)20(26)4-2/h5-10,13H,3-4,11-12H2,1-2H3,(H,22,25)(H,23,27). The molecule has 140 valence electrons. The maximum absolute atomic E-state index is 12.5. The van der Waals surface area contributed by atoms with Crippen LogP contribution in [0.3, 0.4) is 0 Å². The third-order valence-corrected chi connectivity index (χ3v) is 4.59. The molecule has 0 fully saturated rings. The zero-order valence-electron chi connectivity index (χ0n) is 15.5. The fourth-order valence-corrected chi connectivity index (χ4v) is 3.08. The van der Waals surface area contributed by atoms with Crippen molar-refractivity contribution in [3.05, 3.63) is 53.6 Å². The molecule has 2 aromatic rings. The molecular formula is C21H23N3O3. The van der Waals surface area contributed by atoms with Gasteiger partial charge in [0.25, 0.3) is 5.91 Å². The normalized spacial score (nSPS) is 12.4. The lowest BCUT2D eigenvalue weighted by molar-refractivity contribution is -0.118. The first-order valence-corrected chi connectivity index (χ1v) is 9.16. The Kier molecular flexibility index (Phi) is 5.54. The second kappa shape index (κ2) is 8.03. The van der Waals surface area contributed by atoms with Crippen molar-refractivity contribution in [3.63, 3.8) is 0 Å². The third-order valence-electron chi connectivity index (χ3n) is 4.59. The van der Waals surface area contributed by atoms with Gasteiger partial charge in [0.15, 0.2) is 0 Å². The Balaban J connectivity index is 1.68. The number of hydrogen-bond acceptors (Lipinski definition) is 3. The third kappa shape index (κ3) is 4.16. The summed E-state index contributed by atoms with van der Waals surface area (Å²) in [5.41, 5.74) is 3.82. The lowest BCUT2D eigenvalue weighted by Gasteiger charge is -2.16. The molecule has 6 heteroatoms. The topological polar surface area (TPSA) is 78.5 Å². The second-order valence-corrected chi connectivity index (χ2v) is 6.43. The summed E-state index contributed by atoms with van der Waals surface area (Å²) in [5.74, 6) is -0.162. The molecule has 3 amide bonds. The first kappa shape index (κ1) is 18.6. The predicted molar refractivity (Wildman–Crippen MR) is 106 cm³/mol. The van der Waals surface area contributed by atoms with E-state index in [0.717, 1.165) is 17.7 Å². The molecule has 3 rings (SSSR count). The van der Waals surface area contributed by atoms with E-state index in [2.05, 4.69) is 10.6 Å². The Labute approximate surface area is 158 Å². The van der Waals surface area contributed by atoms with Gasteiger partial charge in [0.2, 0.25) is 11.8 Å². The van der Waals surface area contributed by atoms with Gasteiger partial charge in [-0.2, -0.15) is 0 Å². The van der Waals surface area contributed by atoms with E-state index >= 15 is 0 Å². The minimum Gasteiger partial charge on any atom is -0.326 e. The van der Waals surface area contributed by atoms with Crippen LogP contribution >= 0.6 is 0 Å². The molecule has 0 radical (unpaired) electrons. The van der Waals surface area contributed by atoms with Gasteiger partial charge in [-0.05, 0) is 54.4 Å². The van der Waals surface area contributed by atoms with E-state index in [-0.39, 0.29) is 17.7 Å². The predicted octanol–water partition coefficient (Wildman–Crippen LogP) is 3.59. The van der Waals surface area contributed by atoms with Crippen molar-refractivity contribution in [1.29, 1.82) is 0 Å². The number of hydrogen-bond donors (Lipinski definition) is 2. The molecule has 1 heterocycles. The molecule has 1 aliphatic rings. The van der Waals surface area contributed by atoms with Crippen LogP contribution in [0.15, 0.2) is 42.5 Å². The van der Waals surface area contributed by atoms with E-state index in [0.29, 0.717) is 36.3 Å². The molecule has 0 unspecified atom stereocenters. The zero-order chi connectivity index (χ0) is 19.4. The fraction of sp³-hybridized carbons (Fsp3) is 0.286. The number of amides is 3. The van der Waals surface area contributed by atoms with Crippen LogP contribution in [-0.4, -0.2) is 24.3 Å². The van der Waals surface area contributed by atoms with E-state index in [4.69, 9.17) is 0 Å². The van der Waals surface area contributed by atoms with Gasteiger partial charge in [-0.1, -0.05) is 13.8 Å². The van der Waals surface area contributed by atoms with Crippen molar-refractivity contribution >= 4 is 34.8 Å². The molecule has 2 N–H and O–H groups in total. The summed E-state index contributed by atoms with van der Waals surface area (Å²) in [6, 6.07) is 12.4. The minimum atomic E-state index is -0.205. The number of rotatable bonds is 5. The van der Waals surface area contributed by atoms with Crippen molar-refractivity contribution in [2.75, 3.05) is 22.1 Å². The van der Waals surface area contributed by atoms with Crippen LogP contribution in [0, 0.1) is 0 Å². The lowest BCUT2D eigenvalue weighted by Crippen LogP contribution is -2.27. The van der Waals surface area contributed by atoms with E-state index in [1.54, 1.807) is 42.2 Å². The van der Waals surface area contributed by atoms with E-state index in [1.165, 1.54) is 0 Å². The summed E-state index contributed by atoms with van der Waals surface area (Å²) in [6.07, 6.45) is 1.64. The quantitative estimate of drug-likeness (QED) is 0.850. The van der Waals surface area contributed by atoms with Gasteiger partial charge in [0, 0.05) is 42.0 Å².